The highest BCUT2D eigenvalue weighted by molar-refractivity contribution is 5.84. The highest BCUT2D eigenvalue weighted by Crippen LogP contribution is 2.42. The Hall–Kier alpha value is -2.40. The first-order valence-corrected chi connectivity index (χ1v) is 13.2. The van der Waals surface area contributed by atoms with Crippen molar-refractivity contribution >= 4 is 23.9 Å². The van der Waals surface area contributed by atoms with Crippen molar-refractivity contribution in [1.29, 1.82) is 0 Å². The molecular formula is C28H46F4O8. The maximum atomic E-state index is 16.1. The molecular weight excluding hydrogens is 540 g/mol. The fourth-order valence-electron chi connectivity index (χ4n) is 3.42. The van der Waals surface area contributed by atoms with E-state index in [2.05, 4.69) is 4.74 Å². The maximum absolute atomic E-state index is 16.1. The first-order chi connectivity index (χ1) is 17.6. The minimum Gasteiger partial charge on any atom is -0.459 e. The lowest BCUT2D eigenvalue weighted by Gasteiger charge is -2.40. The Labute approximate surface area is 234 Å². The molecule has 0 amide bonds. The van der Waals surface area contributed by atoms with Crippen molar-refractivity contribution < 1.29 is 55.7 Å². The summed E-state index contributed by atoms with van der Waals surface area (Å²) in [5.74, 6) is -5.62. The van der Waals surface area contributed by atoms with Crippen LogP contribution in [0, 0.1) is 16.7 Å². The molecule has 12 heteroatoms. The Morgan fingerprint density at radius 1 is 0.775 bits per heavy atom. The molecule has 0 saturated carbocycles. The van der Waals surface area contributed by atoms with Gasteiger partial charge in [-0.25, -0.2) is 14.0 Å². The summed E-state index contributed by atoms with van der Waals surface area (Å²) in [6.07, 6.45) is -8.83. The van der Waals surface area contributed by atoms with Crippen LogP contribution < -0.4 is 0 Å². The van der Waals surface area contributed by atoms with Gasteiger partial charge in [0.2, 0.25) is 5.67 Å². The third kappa shape index (κ3) is 11.2. The second kappa shape index (κ2) is 13.1. The molecule has 0 aliphatic rings. The Bertz CT molecular complexity index is 917. The van der Waals surface area contributed by atoms with Crippen molar-refractivity contribution in [3.05, 3.63) is 0 Å². The zero-order chi connectivity index (χ0) is 32.1. The lowest BCUT2D eigenvalue weighted by molar-refractivity contribution is -0.218. The molecule has 0 aliphatic carbocycles. The van der Waals surface area contributed by atoms with Crippen molar-refractivity contribution in [3.63, 3.8) is 0 Å². The number of halogens is 4. The average Bonchev–Trinajstić information content (AvgIpc) is 2.74. The van der Waals surface area contributed by atoms with Gasteiger partial charge in [-0.3, -0.25) is 9.59 Å². The van der Waals surface area contributed by atoms with Gasteiger partial charge in [0.15, 0.2) is 12.7 Å². The molecule has 0 aromatic heterocycles. The van der Waals surface area contributed by atoms with Gasteiger partial charge >= 0.3 is 30.1 Å². The van der Waals surface area contributed by atoms with E-state index in [0.717, 1.165) is 0 Å². The third-order valence-corrected chi connectivity index (χ3v) is 6.90. The van der Waals surface area contributed by atoms with E-state index >= 15 is 4.39 Å². The maximum Gasteiger partial charge on any atom is 0.425 e. The van der Waals surface area contributed by atoms with Gasteiger partial charge < -0.3 is 18.9 Å². The van der Waals surface area contributed by atoms with Crippen molar-refractivity contribution in [2.45, 2.75) is 131 Å². The number of ether oxygens (including phenoxy) is 4. The highest BCUT2D eigenvalue weighted by Gasteiger charge is 2.51. The van der Waals surface area contributed by atoms with Crippen LogP contribution in [-0.2, 0) is 38.1 Å². The Kier molecular flexibility index (Phi) is 12.3. The molecule has 0 heterocycles. The number of hydrogen-bond acceptors (Lipinski definition) is 8. The Morgan fingerprint density at radius 2 is 1.27 bits per heavy atom. The second-order valence-electron chi connectivity index (χ2n) is 13.1. The van der Waals surface area contributed by atoms with Gasteiger partial charge in [-0.2, -0.15) is 13.2 Å². The van der Waals surface area contributed by atoms with E-state index in [4.69, 9.17) is 14.2 Å². The summed E-state index contributed by atoms with van der Waals surface area (Å²) in [5, 5.41) is 0. The lowest BCUT2D eigenvalue weighted by Crippen LogP contribution is -2.47. The number of rotatable bonds is 12. The zero-order valence-electron chi connectivity index (χ0n) is 25.8. The summed E-state index contributed by atoms with van der Waals surface area (Å²) in [4.78, 5) is 50.9. The molecule has 0 rings (SSSR count). The van der Waals surface area contributed by atoms with Gasteiger partial charge in [-0.15, -0.1) is 0 Å². The average molecular weight is 587 g/mol. The minimum absolute atomic E-state index is 0.368. The van der Waals surface area contributed by atoms with E-state index in [0.29, 0.717) is 6.92 Å². The summed E-state index contributed by atoms with van der Waals surface area (Å²) in [6, 6.07) is 0. The SMILES string of the molecule is CCC(F)(CC(C)(CC(C)C(=O)OC(C)(C)C(C)(C)C)C(=O)OCC(=O)OC(C)C(F)(F)F)C(=O)OC(C)(C)C. The van der Waals surface area contributed by atoms with E-state index in [9.17, 15) is 32.3 Å². The van der Waals surface area contributed by atoms with Crippen LogP contribution in [0.5, 0.6) is 0 Å². The van der Waals surface area contributed by atoms with Gasteiger partial charge in [0, 0.05) is 11.8 Å². The lowest BCUT2D eigenvalue weighted by atomic mass is 9.73. The van der Waals surface area contributed by atoms with E-state index in [1.165, 1.54) is 41.5 Å². The van der Waals surface area contributed by atoms with E-state index in [-0.39, 0.29) is 6.42 Å². The summed E-state index contributed by atoms with van der Waals surface area (Å²) in [6.45, 7) is 17.1. The zero-order valence-corrected chi connectivity index (χ0v) is 25.8. The van der Waals surface area contributed by atoms with Gasteiger partial charge in [-0.1, -0.05) is 34.6 Å². The molecule has 0 aliphatic heterocycles. The Balaban J connectivity index is 6.13. The van der Waals surface area contributed by atoms with E-state index < -0.39 is 89.2 Å². The number of carbonyl (C=O) groups is 4. The molecule has 0 spiro atoms. The number of carbonyl (C=O) groups excluding carboxylic acids is 4. The molecule has 4 atom stereocenters. The van der Waals surface area contributed by atoms with Crippen LogP contribution in [0.2, 0.25) is 0 Å². The van der Waals surface area contributed by atoms with Gasteiger partial charge in [0.25, 0.3) is 0 Å². The van der Waals surface area contributed by atoms with Crippen LogP contribution in [-0.4, -0.2) is 59.6 Å². The normalized spacial score (nSPS) is 17.5. The molecule has 234 valence electrons. The summed E-state index contributed by atoms with van der Waals surface area (Å²) >= 11 is 0. The summed E-state index contributed by atoms with van der Waals surface area (Å²) in [7, 11) is 0. The molecule has 0 radical (unpaired) electrons. The Morgan fingerprint density at radius 3 is 1.68 bits per heavy atom. The molecule has 4 unspecified atom stereocenters. The van der Waals surface area contributed by atoms with Gasteiger partial charge in [0.1, 0.15) is 11.2 Å². The van der Waals surface area contributed by atoms with Crippen molar-refractivity contribution in [2.75, 3.05) is 6.61 Å². The molecule has 8 nitrogen and oxygen atoms in total. The number of hydrogen-bond donors (Lipinski definition) is 0. The fraction of sp³-hybridized carbons (Fsp3) is 0.857. The van der Waals surface area contributed by atoms with Crippen molar-refractivity contribution in [1.82, 2.24) is 0 Å². The largest absolute Gasteiger partial charge is 0.459 e. The van der Waals surface area contributed by atoms with Gasteiger partial charge in [-0.05, 0) is 61.3 Å². The monoisotopic (exact) mass is 586 g/mol. The molecule has 0 N–H and O–H groups in total. The predicted molar refractivity (Wildman–Crippen MR) is 139 cm³/mol. The first-order valence-electron chi connectivity index (χ1n) is 13.2. The quantitative estimate of drug-likeness (QED) is 0.150. The van der Waals surface area contributed by atoms with Crippen LogP contribution in [0.3, 0.4) is 0 Å². The topological polar surface area (TPSA) is 105 Å². The molecule has 0 saturated heterocycles. The summed E-state index contributed by atoms with van der Waals surface area (Å²) in [5.41, 5.74) is -7.01. The third-order valence-electron chi connectivity index (χ3n) is 6.90. The minimum atomic E-state index is -4.83. The fourth-order valence-corrected chi connectivity index (χ4v) is 3.42. The molecule has 0 aromatic carbocycles. The number of alkyl halides is 4. The highest BCUT2D eigenvalue weighted by atomic mass is 19.4. The summed E-state index contributed by atoms with van der Waals surface area (Å²) < 4.78 is 74.3. The van der Waals surface area contributed by atoms with Crippen LogP contribution in [0.4, 0.5) is 17.6 Å². The van der Waals surface area contributed by atoms with Crippen molar-refractivity contribution in [3.8, 4) is 0 Å². The van der Waals surface area contributed by atoms with Gasteiger partial charge in [0.05, 0.1) is 11.3 Å². The van der Waals surface area contributed by atoms with E-state index in [1.807, 2.05) is 20.8 Å². The molecule has 40 heavy (non-hydrogen) atoms. The molecule has 0 bridgehead atoms. The smallest absolute Gasteiger partial charge is 0.425 e. The number of esters is 4. The van der Waals surface area contributed by atoms with Crippen LogP contribution in [0.15, 0.2) is 0 Å². The molecule has 0 aromatic rings. The van der Waals surface area contributed by atoms with Crippen LogP contribution in [0.1, 0.15) is 102 Å². The first kappa shape index (κ1) is 37.6. The standard InChI is InChI=1S/C28H46F4O8/c1-13-27(29,22(36)40-24(7,8)9)16-26(12,14-17(2)20(34)39-25(10,11)23(4,5)6)21(35)37-15-19(33)38-18(3)28(30,31)32/h17-18H,13-16H2,1-12H3. The van der Waals surface area contributed by atoms with Crippen molar-refractivity contribution in [2.24, 2.45) is 16.7 Å². The predicted octanol–water partition coefficient (Wildman–Crippen LogP) is 6.27. The van der Waals surface area contributed by atoms with Crippen LogP contribution in [0.25, 0.3) is 0 Å². The van der Waals surface area contributed by atoms with E-state index in [1.54, 1.807) is 13.8 Å². The second-order valence-corrected chi connectivity index (χ2v) is 13.1. The van der Waals surface area contributed by atoms with Crippen LogP contribution >= 0.6 is 0 Å². The molecule has 0 fully saturated rings.